The minimum atomic E-state index is -0.854. The maximum absolute atomic E-state index is 12.2. The molecule has 0 bridgehead atoms. The number of aliphatic hydroxyl groups is 2. The van der Waals surface area contributed by atoms with Crippen LogP contribution in [-0.2, 0) is 0 Å². The molecule has 1 amide bonds. The van der Waals surface area contributed by atoms with Gasteiger partial charge in [-0.2, -0.15) is 0 Å². The molecule has 0 aliphatic carbocycles. The second-order valence-electron chi connectivity index (χ2n) is 4.56. The van der Waals surface area contributed by atoms with Gasteiger partial charge in [0, 0.05) is 18.7 Å². The van der Waals surface area contributed by atoms with Crippen molar-refractivity contribution in [2.75, 3.05) is 13.1 Å². The Hall–Kier alpha value is -1.33. The molecule has 0 aromatic carbocycles. The van der Waals surface area contributed by atoms with Gasteiger partial charge in [-0.25, -0.2) is 0 Å². The first-order valence-electron chi connectivity index (χ1n) is 5.63. The molecule has 1 aromatic heterocycles. The average molecular weight is 239 g/mol. The predicted octanol–water partition coefficient (Wildman–Crippen LogP) is 0.382. The number of aliphatic hydroxyl groups excluding tert-OH is 2. The molecule has 0 unspecified atom stereocenters. The second kappa shape index (κ2) is 4.16. The van der Waals surface area contributed by atoms with Crippen LogP contribution >= 0.6 is 0 Å². The molecule has 5 heteroatoms. The van der Waals surface area contributed by atoms with Crippen LogP contribution in [0.25, 0.3) is 0 Å². The Bertz CT molecular complexity index is 442. The van der Waals surface area contributed by atoms with Crippen molar-refractivity contribution >= 4 is 5.91 Å². The number of hydrogen-bond acceptors (Lipinski definition) is 4. The minimum Gasteiger partial charge on any atom is -0.466 e. The van der Waals surface area contributed by atoms with Crippen LogP contribution in [0.3, 0.4) is 0 Å². The fourth-order valence-electron chi connectivity index (χ4n) is 2.20. The molecule has 1 saturated heterocycles. The lowest BCUT2D eigenvalue weighted by molar-refractivity contribution is 0.0572. The highest BCUT2D eigenvalue weighted by Gasteiger charge is 2.34. The largest absolute Gasteiger partial charge is 0.466 e. The van der Waals surface area contributed by atoms with Crippen molar-refractivity contribution in [2.45, 2.75) is 33.0 Å². The van der Waals surface area contributed by atoms with Gasteiger partial charge in [-0.15, -0.1) is 0 Å². The molecule has 2 N–H and O–H groups in total. The first-order valence-corrected chi connectivity index (χ1v) is 5.63. The van der Waals surface area contributed by atoms with Crippen molar-refractivity contribution in [3.8, 4) is 0 Å². The molecular weight excluding hydrogens is 222 g/mol. The number of amides is 1. The van der Waals surface area contributed by atoms with Crippen LogP contribution in [0.5, 0.6) is 0 Å². The maximum atomic E-state index is 12.2. The zero-order valence-corrected chi connectivity index (χ0v) is 10.2. The normalized spacial score (nSPS) is 24.4. The third-order valence-corrected chi connectivity index (χ3v) is 3.32. The van der Waals surface area contributed by atoms with Gasteiger partial charge in [-0.3, -0.25) is 4.79 Å². The van der Waals surface area contributed by atoms with Crippen molar-refractivity contribution in [3.63, 3.8) is 0 Å². The Morgan fingerprint density at radius 3 is 2.12 bits per heavy atom. The Kier molecular flexibility index (Phi) is 2.97. The van der Waals surface area contributed by atoms with E-state index in [1.807, 2.05) is 13.8 Å². The van der Waals surface area contributed by atoms with Crippen molar-refractivity contribution in [1.29, 1.82) is 0 Å². The van der Waals surface area contributed by atoms with E-state index in [2.05, 4.69) is 0 Å². The van der Waals surface area contributed by atoms with Gasteiger partial charge in [0.1, 0.15) is 11.5 Å². The quantitative estimate of drug-likeness (QED) is 0.743. The molecule has 2 heterocycles. The van der Waals surface area contributed by atoms with E-state index in [1.54, 1.807) is 6.92 Å². The maximum Gasteiger partial charge on any atom is 0.257 e. The van der Waals surface area contributed by atoms with Gasteiger partial charge in [0.05, 0.1) is 17.8 Å². The van der Waals surface area contributed by atoms with E-state index in [0.717, 1.165) is 11.3 Å². The number of nitrogens with zero attached hydrogens (tertiary/aromatic N) is 1. The van der Waals surface area contributed by atoms with Gasteiger partial charge < -0.3 is 19.5 Å². The van der Waals surface area contributed by atoms with E-state index in [1.165, 1.54) is 4.90 Å². The molecule has 17 heavy (non-hydrogen) atoms. The summed E-state index contributed by atoms with van der Waals surface area (Å²) in [4.78, 5) is 13.7. The Labute approximate surface area is 99.6 Å². The number of carbonyl (C=O) groups is 1. The van der Waals surface area contributed by atoms with Crippen LogP contribution < -0.4 is 0 Å². The molecule has 1 aliphatic heterocycles. The number of likely N-dealkylation sites (tertiary alicyclic amines) is 1. The highest BCUT2D eigenvalue weighted by Crippen LogP contribution is 2.24. The van der Waals surface area contributed by atoms with Crippen molar-refractivity contribution in [1.82, 2.24) is 4.90 Å². The van der Waals surface area contributed by atoms with Crippen LogP contribution in [0.4, 0.5) is 0 Å². The number of hydrogen-bond donors (Lipinski definition) is 2. The molecule has 0 spiro atoms. The highest BCUT2D eigenvalue weighted by molar-refractivity contribution is 5.97. The predicted molar refractivity (Wildman–Crippen MR) is 60.8 cm³/mol. The van der Waals surface area contributed by atoms with Gasteiger partial charge in [-0.05, 0) is 20.8 Å². The standard InChI is InChI=1S/C12H17NO4/c1-6-7(2)17-8(3)11(6)12(16)13-4-9(14)10(15)5-13/h9-10,14-15H,4-5H2,1-3H3/t9-,10+. The number of furan rings is 1. The van der Waals surface area contributed by atoms with Gasteiger partial charge >= 0.3 is 0 Å². The van der Waals surface area contributed by atoms with E-state index < -0.39 is 12.2 Å². The lowest BCUT2D eigenvalue weighted by atomic mass is 10.1. The summed E-state index contributed by atoms with van der Waals surface area (Å²) in [5.74, 6) is 1.12. The van der Waals surface area contributed by atoms with Gasteiger partial charge in [0.15, 0.2) is 0 Å². The van der Waals surface area contributed by atoms with E-state index in [-0.39, 0.29) is 19.0 Å². The molecule has 1 aromatic rings. The third kappa shape index (κ3) is 1.96. The summed E-state index contributed by atoms with van der Waals surface area (Å²) >= 11 is 0. The SMILES string of the molecule is Cc1oc(C)c(C(=O)N2C[C@@H](O)[C@@H](O)C2)c1C. The fraction of sp³-hybridized carbons (Fsp3) is 0.583. The summed E-state index contributed by atoms with van der Waals surface area (Å²) in [5.41, 5.74) is 1.37. The average Bonchev–Trinajstić information content (AvgIpc) is 2.70. The molecule has 1 aliphatic rings. The first-order chi connectivity index (χ1) is 7.91. The van der Waals surface area contributed by atoms with Crippen molar-refractivity contribution in [2.24, 2.45) is 0 Å². The summed E-state index contributed by atoms with van der Waals surface area (Å²) in [7, 11) is 0. The molecule has 5 nitrogen and oxygen atoms in total. The summed E-state index contributed by atoms with van der Waals surface area (Å²) in [6.07, 6.45) is -1.71. The summed E-state index contributed by atoms with van der Waals surface area (Å²) in [6.45, 7) is 5.73. The molecule has 0 radical (unpaired) electrons. The minimum absolute atomic E-state index is 0.170. The molecule has 0 saturated carbocycles. The third-order valence-electron chi connectivity index (χ3n) is 3.32. The molecule has 1 fully saturated rings. The zero-order chi connectivity index (χ0) is 12.7. The summed E-state index contributed by atoms with van der Waals surface area (Å²) in [6, 6.07) is 0. The number of rotatable bonds is 1. The van der Waals surface area contributed by atoms with E-state index >= 15 is 0 Å². The van der Waals surface area contributed by atoms with E-state index in [9.17, 15) is 15.0 Å². The molecular formula is C12H17NO4. The van der Waals surface area contributed by atoms with Crippen LogP contribution in [0.2, 0.25) is 0 Å². The van der Waals surface area contributed by atoms with Gasteiger partial charge in [-0.1, -0.05) is 0 Å². The van der Waals surface area contributed by atoms with Gasteiger partial charge in [0.25, 0.3) is 5.91 Å². The van der Waals surface area contributed by atoms with E-state index in [4.69, 9.17) is 4.42 Å². The van der Waals surface area contributed by atoms with Gasteiger partial charge in [0.2, 0.25) is 0 Å². The lowest BCUT2D eigenvalue weighted by Crippen LogP contribution is -2.30. The fourth-order valence-corrected chi connectivity index (χ4v) is 2.20. The first kappa shape index (κ1) is 12.1. The summed E-state index contributed by atoms with van der Waals surface area (Å²) < 4.78 is 5.41. The molecule has 2 rings (SSSR count). The van der Waals surface area contributed by atoms with Crippen LogP contribution in [0.1, 0.15) is 27.4 Å². The zero-order valence-electron chi connectivity index (χ0n) is 10.2. The number of β-amino-alcohol motifs (C(OH)–C–C–N with tert-alkyl or cyclic N) is 2. The summed E-state index contributed by atoms with van der Waals surface area (Å²) in [5, 5.41) is 18.9. The Morgan fingerprint density at radius 2 is 1.71 bits per heavy atom. The number of aryl methyl sites for hydroxylation is 2. The topological polar surface area (TPSA) is 73.9 Å². The number of carbonyl (C=O) groups excluding carboxylic acids is 1. The van der Waals surface area contributed by atoms with Crippen LogP contribution in [0.15, 0.2) is 4.42 Å². The Balaban J connectivity index is 2.26. The molecule has 94 valence electrons. The second-order valence-corrected chi connectivity index (χ2v) is 4.56. The smallest absolute Gasteiger partial charge is 0.257 e. The van der Waals surface area contributed by atoms with E-state index in [0.29, 0.717) is 11.3 Å². The van der Waals surface area contributed by atoms with Crippen LogP contribution in [-0.4, -0.2) is 46.3 Å². The molecule has 2 atom stereocenters. The monoisotopic (exact) mass is 239 g/mol. The lowest BCUT2D eigenvalue weighted by Gasteiger charge is -2.15. The highest BCUT2D eigenvalue weighted by atomic mass is 16.3. The van der Waals surface area contributed by atoms with Crippen LogP contribution in [0, 0.1) is 20.8 Å². The van der Waals surface area contributed by atoms with Crippen molar-refractivity contribution in [3.05, 3.63) is 22.6 Å². The van der Waals surface area contributed by atoms with Crippen molar-refractivity contribution < 1.29 is 19.4 Å². The Morgan fingerprint density at radius 1 is 1.18 bits per heavy atom.